The topological polar surface area (TPSA) is 49.3 Å². The Labute approximate surface area is 112 Å². The molecule has 1 saturated heterocycles. The molecule has 1 amide bonds. The van der Waals surface area contributed by atoms with E-state index in [1.54, 1.807) is 6.07 Å². The van der Waals surface area contributed by atoms with Gasteiger partial charge in [-0.2, -0.15) is 11.8 Å². The Morgan fingerprint density at radius 3 is 2.83 bits per heavy atom. The van der Waals surface area contributed by atoms with Crippen LogP contribution in [-0.4, -0.2) is 34.7 Å². The molecule has 3 nitrogen and oxygen atoms in total. The second kappa shape index (κ2) is 5.76. The summed E-state index contributed by atoms with van der Waals surface area (Å²) in [5.41, 5.74) is 1.00. The number of aliphatic hydroxyl groups is 1. The zero-order chi connectivity index (χ0) is 13.0. The van der Waals surface area contributed by atoms with Gasteiger partial charge in [-0.3, -0.25) is 4.79 Å². The second-order valence-electron chi connectivity index (χ2n) is 4.89. The zero-order valence-corrected chi connectivity index (χ0v) is 11.4. The van der Waals surface area contributed by atoms with Crippen LogP contribution in [0.1, 0.15) is 28.8 Å². The molecule has 0 saturated carbocycles. The maximum absolute atomic E-state index is 12.0. The van der Waals surface area contributed by atoms with Gasteiger partial charge in [-0.1, -0.05) is 17.7 Å². The number of amides is 1. The van der Waals surface area contributed by atoms with E-state index in [0.717, 1.165) is 29.9 Å². The largest absolute Gasteiger partial charge is 0.388 e. The Morgan fingerprint density at radius 1 is 1.44 bits per heavy atom. The SMILES string of the molecule is Cc1cccc(C(=O)NCC2(O)CCSCC2)c1. The lowest BCUT2D eigenvalue weighted by Gasteiger charge is -2.31. The van der Waals surface area contributed by atoms with Crippen molar-refractivity contribution < 1.29 is 9.90 Å². The first-order valence-electron chi connectivity index (χ1n) is 6.24. The first-order valence-corrected chi connectivity index (χ1v) is 7.40. The summed E-state index contributed by atoms with van der Waals surface area (Å²) < 4.78 is 0. The van der Waals surface area contributed by atoms with Gasteiger partial charge in [-0.15, -0.1) is 0 Å². The first kappa shape index (κ1) is 13.4. The fourth-order valence-electron chi connectivity index (χ4n) is 2.06. The van der Waals surface area contributed by atoms with Crippen molar-refractivity contribution in [1.82, 2.24) is 5.32 Å². The minimum atomic E-state index is -0.718. The van der Waals surface area contributed by atoms with E-state index in [-0.39, 0.29) is 5.91 Å². The van der Waals surface area contributed by atoms with Crippen molar-refractivity contribution in [2.24, 2.45) is 0 Å². The van der Waals surface area contributed by atoms with E-state index in [1.165, 1.54) is 0 Å². The van der Waals surface area contributed by atoms with Gasteiger partial charge >= 0.3 is 0 Å². The third-order valence-corrected chi connectivity index (χ3v) is 4.27. The Kier molecular flexibility index (Phi) is 4.30. The number of hydrogen-bond donors (Lipinski definition) is 2. The molecule has 1 aliphatic heterocycles. The lowest BCUT2D eigenvalue weighted by Crippen LogP contribution is -2.45. The molecule has 0 atom stereocenters. The van der Waals surface area contributed by atoms with Gasteiger partial charge < -0.3 is 10.4 Å². The highest BCUT2D eigenvalue weighted by Crippen LogP contribution is 2.26. The molecule has 0 radical (unpaired) electrons. The average Bonchev–Trinajstić information content (AvgIpc) is 2.37. The quantitative estimate of drug-likeness (QED) is 0.878. The van der Waals surface area contributed by atoms with E-state index in [4.69, 9.17) is 0 Å². The van der Waals surface area contributed by atoms with Crippen LogP contribution in [0.5, 0.6) is 0 Å². The van der Waals surface area contributed by atoms with Gasteiger partial charge in [-0.25, -0.2) is 0 Å². The molecule has 1 aromatic carbocycles. The smallest absolute Gasteiger partial charge is 0.251 e. The molecule has 0 unspecified atom stereocenters. The number of benzene rings is 1. The minimum absolute atomic E-state index is 0.106. The van der Waals surface area contributed by atoms with Crippen molar-refractivity contribution in [3.05, 3.63) is 35.4 Å². The van der Waals surface area contributed by atoms with Crippen LogP contribution in [0, 0.1) is 6.92 Å². The summed E-state index contributed by atoms with van der Waals surface area (Å²) in [5.74, 6) is 1.83. The molecule has 0 spiro atoms. The Balaban J connectivity index is 1.92. The number of hydrogen-bond acceptors (Lipinski definition) is 3. The number of aryl methyl sites for hydroxylation is 1. The summed E-state index contributed by atoms with van der Waals surface area (Å²) in [6.07, 6.45) is 1.51. The highest BCUT2D eigenvalue weighted by molar-refractivity contribution is 7.99. The Morgan fingerprint density at radius 2 is 2.17 bits per heavy atom. The van der Waals surface area contributed by atoms with Crippen LogP contribution < -0.4 is 5.32 Å². The lowest BCUT2D eigenvalue weighted by molar-refractivity contribution is 0.0311. The molecule has 1 aromatic rings. The molecule has 0 aromatic heterocycles. The third kappa shape index (κ3) is 3.50. The van der Waals surface area contributed by atoms with E-state index >= 15 is 0 Å². The average molecular weight is 265 g/mol. The number of rotatable bonds is 3. The summed E-state index contributed by atoms with van der Waals surface area (Å²) in [6.45, 7) is 2.31. The fourth-order valence-corrected chi connectivity index (χ4v) is 3.31. The van der Waals surface area contributed by atoms with Crippen LogP contribution in [0.4, 0.5) is 0 Å². The molecule has 1 fully saturated rings. The highest BCUT2D eigenvalue weighted by atomic mass is 32.2. The molecule has 1 heterocycles. The zero-order valence-electron chi connectivity index (χ0n) is 10.6. The summed E-state index contributed by atoms with van der Waals surface area (Å²) >= 11 is 1.86. The van der Waals surface area contributed by atoms with Gasteiger partial charge in [0.05, 0.1) is 5.60 Å². The molecule has 0 bridgehead atoms. The number of carbonyl (C=O) groups excluding carboxylic acids is 1. The number of thioether (sulfide) groups is 1. The lowest BCUT2D eigenvalue weighted by atomic mass is 9.97. The number of carbonyl (C=O) groups is 1. The van der Waals surface area contributed by atoms with Gasteiger partial charge in [-0.05, 0) is 43.4 Å². The Bertz CT molecular complexity index is 428. The van der Waals surface area contributed by atoms with Crippen molar-refractivity contribution in [2.75, 3.05) is 18.1 Å². The monoisotopic (exact) mass is 265 g/mol. The molecule has 0 aliphatic carbocycles. The van der Waals surface area contributed by atoms with Crippen LogP contribution >= 0.6 is 11.8 Å². The van der Waals surface area contributed by atoms with E-state index in [2.05, 4.69) is 5.32 Å². The molecule has 4 heteroatoms. The molecule has 18 heavy (non-hydrogen) atoms. The van der Waals surface area contributed by atoms with E-state index in [9.17, 15) is 9.90 Å². The third-order valence-electron chi connectivity index (χ3n) is 3.28. The summed E-state index contributed by atoms with van der Waals surface area (Å²) in [6, 6.07) is 7.48. The van der Waals surface area contributed by atoms with Gasteiger partial charge in [0, 0.05) is 12.1 Å². The Hall–Kier alpha value is -1.00. The molecular formula is C14H19NO2S. The van der Waals surface area contributed by atoms with Crippen molar-refractivity contribution in [1.29, 1.82) is 0 Å². The van der Waals surface area contributed by atoms with E-state index < -0.39 is 5.60 Å². The van der Waals surface area contributed by atoms with Crippen molar-refractivity contribution >= 4 is 17.7 Å². The normalized spacial score (nSPS) is 18.3. The minimum Gasteiger partial charge on any atom is -0.388 e. The van der Waals surface area contributed by atoms with Crippen LogP contribution in [0.15, 0.2) is 24.3 Å². The molecular weight excluding hydrogens is 246 g/mol. The first-order chi connectivity index (χ1) is 8.59. The molecule has 2 N–H and O–H groups in total. The van der Waals surface area contributed by atoms with Crippen LogP contribution in [0.2, 0.25) is 0 Å². The molecule has 2 rings (SSSR count). The van der Waals surface area contributed by atoms with Gasteiger partial charge in [0.15, 0.2) is 0 Å². The van der Waals surface area contributed by atoms with Gasteiger partial charge in [0.2, 0.25) is 0 Å². The van der Waals surface area contributed by atoms with Crippen molar-refractivity contribution in [2.45, 2.75) is 25.4 Å². The van der Waals surface area contributed by atoms with Crippen molar-refractivity contribution in [3.63, 3.8) is 0 Å². The predicted molar refractivity (Wildman–Crippen MR) is 75.0 cm³/mol. The van der Waals surface area contributed by atoms with Gasteiger partial charge in [0.25, 0.3) is 5.91 Å². The molecule has 1 aliphatic rings. The van der Waals surface area contributed by atoms with E-state index in [1.807, 2.05) is 36.9 Å². The summed E-state index contributed by atoms with van der Waals surface area (Å²) in [7, 11) is 0. The second-order valence-corrected chi connectivity index (χ2v) is 6.11. The van der Waals surface area contributed by atoms with E-state index in [0.29, 0.717) is 12.1 Å². The standard InChI is InChI=1S/C14H19NO2S/c1-11-3-2-4-12(9-11)13(16)15-10-14(17)5-7-18-8-6-14/h2-4,9,17H,5-8,10H2,1H3,(H,15,16). The van der Waals surface area contributed by atoms with Crippen molar-refractivity contribution in [3.8, 4) is 0 Å². The van der Waals surface area contributed by atoms with Crippen LogP contribution in [-0.2, 0) is 0 Å². The van der Waals surface area contributed by atoms with Crippen LogP contribution in [0.25, 0.3) is 0 Å². The van der Waals surface area contributed by atoms with Crippen LogP contribution in [0.3, 0.4) is 0 Å². The van der Waals surface area contributed by atoms with Gasteiger partial charge in [0.1, 0.15) is 0 Å². The summed E-state index contributed by atoms with van der Waals surface area (Å²) in [5, 5.41) is 13.1. The highest BCUT2D eigenvalue weighted by Gasteiger charge is 2.29. The maximum Gasteiger partial charge on any atom is 0.251 e. The summed E-state index contributed by atoms with van der Waals surface area (Å²) in [4.78, 5) is 12.0. The number of nitrogens with one attached hydrogen (secondary N) is 1. The fraction of sp³-hybridized carbons (Fsp3) is 0.500. The predicted octanol–water partition coefficient (Wildman–Crippen LogP) is 1.98. The molecule has 98 valence electrons. The maximum atomic E-state index is 12.0.